The van der Waals surface area contributed by atoms with Crippen molar-refractivity contribution in [2.45, 2.75) is 32.4 Å². The maximum atomic E-state index is 12.7. The first kappa shape index (κ1) is 19.8. The van der Waals surface area contributed by atoms with E-state index >= 15 is 0 Å². The standard InChI is InChI=1S/C21H24N2O5/c1-4-9-28-21(27)18-15(11-16-17(12(3)24)20(26)23(16)18)13-7-6-8-14(10-13)19(25)22-5-2/h4,6-8,10,12,16-17,24H,1,5,9,11H2,2-3H3,(H,22,25)/t12-,16-,17-/m1/s1. The van der Waals surface area contributed by atoms with E-state index < -0.39 is 18.0 Å². The number of hydrogen-bond acceptors (Lipinski definition) is 5. The monoisotopic (exact) mass is 384 g/mol. The van der Waals surface area contributed by atoms with Crippen molar-refractivity contribution in [3.8, 4) is 0 Å². The average Bonchev–Trinajstić information content (AvgIpc) is 3.01. The maximum absolute atomic E-state index is 12.7. The number of ether oxygens (including phenoxy) is 1. The van der Waals surface area contributed by atoms with Gasteiger partial charge in [-0.1, -0.05) is 24.8 Å². The summed E-state index contributed by atoms with van der Waals surface area (Å²) < 4.78 is 5.19. The predicted molar refractivity (Wildman–Crippen MR) is 103 cm³/mol. The second-order valence-corrected chi connectivity index (χ2v) is 6.90. The minimum Gasteiger partial charge on any atom is -0.457 e. The zero-order valence-electron chi connectivity index (χ0n) is 16.0. The van der Waals surface area contributed by atoms with Crippen molar-refractivity contribution in [3.63, 3.8) is 0 Å². The lowest BCUT2D eigenvalue weighted by Crippen LogP contribution is -2.61. The lowest BCUT2D eigenvalue weighted by Gasteiger charge is -2.44. The largest absolute Gasteiger partial charge is 0.457 e. The number of esters is 1. The lowest BCUT2D eigenvalue weighted by molar-refractivity contribution is -0.162. The molecule has 2 aliphatic rings. The van der Waals surface area contributed by atoms with Gasteiger partial charge in [-0.25, -0.2) is 4.79 Å². The zero-order chi connectivity index (χ0) is 20.4. The minimum atomic E-state index is -0.805. The van der Waals surface area contributed by atoms with Crippen LogP contribution in [0.25, 0.3) is 5.57 Å². The van der Waals surface area contributed by atoms with E-state index in [9.17, 15) is 19.5 Å². The maximum Gasteiger partial charge on any atom is 0.355 e. The van der Waals surface area contributed by atoms with Gasteiger partial charge >= 0.3 is 5.97 Å². The molecule has 0 spiro atoms. The van der Waals surface area contributed by atoms with E-state index in [0.29, 0.717) is 29.7 Å². The van der Waals surface area contributed by atoms with Crippen LogP contribution in [-0.4, -0.2) is 53.1 Å². The molecular weight excluding hydrogens is 360 g/mol. The molecule has 1 aromatic carbocycles. The number of carbonyl (C=O) groups excluding carboxylic acids is 3. The molecule has 2 heterocycles. The number of carbonyl (C=O) groups is 3. The Kier molecular flexibility index (Phi) is 5.65. The fourth-order valence-electron chi connectivity index (χ4n) is 3.83. The van der Waals surface area contributed by atoms with Crippen molar-refractivity contribution in [2.24, 2.45) is 5.92 Å². The average molecular weight is 384 g/mol. The normalized spacial score (nSPS) is 21.7. The quantitative estimate of drug-likeness (QED) is 0.422. The van der Waals surface area contributed by atoms with Gasteiger partial charge in [0.2, 0.25) is 5.91 Å². The molecule has 148 valence electrons. The van der Waals surface area contributed by atoms with Crippen LogP contribution < -0.4 is 5.32 Å². The first-order chi connectivity index (χ1) is 13.4. The van der Waals surface area contributed by atoms with Crippen molar-refractivity contribution in [2.75, 3.05) is 13.2 Å². The van der Waals surface area contributed by atoms with E-state index in [2.05, 4.69) is 11.9 Å². The molecule has 3 atom stereocenters. The van der Waals surface area contributed by atoms with Gasteiger partial charge in [-0.15, -0.1) is 0 Å². The lowest BCUT2D eigenvalue weighted by atomic mass is 9.82. The number of rotatable bonds is 7. The van der Waals surface area contributed by atoms with Crippen LogP contribution in [0.15, 0.2) is 42.6 Å². The summed E-state index contributed by atoms with van der Waals surface area (Å²) in [5.41, 5.74) is 1.97. The molecule has 0 radical (unpaired) electrons. The molecule has 0 unspecified atom stereocenters. The number of amides is 2. The second kappa shape index (κ2) is 7.98. The number of nitrogens with zero attached hydrogens (tertiary/aromatic N) is 1. The summed E-state index contributed by atoms with van der Waals surface area (Å²) in [6, 6.07) is 6.64. The Morgan fingerprint density at radius 3 is 2.86 bits per heavy atom. The summed E-state index contributed by atoms with van der Waals surface area (Å²) in [5.74, 6) is -1.66. The Morgan fingerprint density at radius 2 is 2.21 bits per heavy atom. The number of aliphatic hydroxyl groups excluding tert-OH is 1. The summed E-state index contributed by atoms with van der Waals surface area (Å²) in [6.07, 6.45) is 1.07. The molecule has 0 bridgehead atoms. The number of benzene rings is 1. The van der Waals surface area contributed by atoms with Gasteiger partial charge in [0.05, 0.1) is 18.1 Å². The van der Waals surface area contributed by atoms with Gasteiger partial charge in [-0.05, 0) is 43.5 Å². The van der Waals surface area contributed by atoms with E-state index in [1.54, 1.807) is 31.2 Å². The summed E-state index contributed by atoms with van der Waals surface area (Å²) in [5, 5.41) is 12.7. The number of nitrogens with one attached hydrogen (secondary N) is 1. The summed E-state index contributed by atoms with van der Waals surface area (Å²) >= 11 is 0. The van der Waals surface area contributed by atoms with Crippen LogP contribution in [-0.2, 0) is 14.3 Å². The molecule has 7 nitrogen and oxygen atoms in total. The summed E-state index contributed by atoms with van der Waals surface area (Å²) in [6.45, 7) is 7.47. The highest BCUT2D eigenvalue weighted by Crippen LogP contribution is 2.47. The molecule has 2 amide bonds. The molecular formula is C21H24N2O5. The topological polar surface area (TPSA) is 95.9 Å². The van der Waals surface area contributed by atoms with Crippen molar-refractivity contribution in [1.82, 2.24) is 10.2 Å². The highest BCUT2D eigenvalue weighted by atomic mass is 16.5. The smallest absolute Gasteiger partial charge is 0.355 e. The fourth-order valence-corrected chi connectivity index (χ4v) is 3.83. The van der Waals surface area contributed by atoms with Crippen LogP contribution >= 0.6 is 0 Å². The summed E-state index contributed by atoms with van der Waals surface area (Å²) in [7, 11) is 0. The molecule has 0 aliphatic carbocycles. The minimum absolute atomic E-state index is 0.0289. The second-order valence-electron chi connectivity index (χ2n) is 6.90. The highest BCUT2D eigenvalue weighted by Gasteiger charge is 2.57. The number of fused-ring (bicyclic) bond motifs is 1. The molecule has 2 N–H and O–H groups in total. The fraction of sp³-hybridized carbons (Fsp3) is 0.381. The Morgan fingerprint density at radius 1 is 1.46 bits per heavy atom. The zero-order valence-corrected chi connectivity index (χ0v) is 16.0. The first-order valence-electron chi connectivity index (χ1n) is 9.31. The third-order valence-corrected chi connectivity index (χ3v) is 5.06. The molecule has 1 saturated heterocycles. The Balaban J connectivity index is 2.01. The van der Waals surface area contributed by atoms with Crippen LogP contribution in [0.1, 0.15) is 36.2 Å². The van der Waals surface area contributed by atoms with E-state index in [0.717, 1.165) is 0 Å². The van der Waals surface area contributed by atoms with Gasteiger partial charge in [0.25, 0.3) is 5.91 Å². The van der Waals surface area contributed by atoms with Crippen LogP contribution in [0.4, 0.5) is 0 Å². The van der Waals surface area contributed by atoms with Crippen LogP contribution in [0.3, 0.4) is 0 Å². The van der Waals surface area contributed by atoms with Crippen LogP contribution in [0.2, 0.25) is 0 Å². The first-order valence-corrected chi connectivity index (χ1v) is 9.31. The molecule has 1 aromatic rings. The third kappa shape index (κ3) is 3.33. The van der Waals surface area contributed by atoms with Crippen molar-refractivity contribution >= 4 is 23.4 Å². The van der Waals surface area contributed by atoms with Crippen molar-refractivity contribution in [1.29, 1.82) is 0 Å². The highest BCUT2D eigenvalue weighted by molar-refractivity contribution is 6.07. The summed E-state index contributed by atoms with van der Waals surface area (Å²) in [4.78, 5) is 38.8. The molecule has 2 aliphatic heterocycles. The van der Waals surface area contributed by atoms with E-state index in [1.165, 1.54) is 11.0 Å². The van der Waals surface area contributed by atoms with E-state index in [1.807, 2.05) is 6.92 Å². The molecule has 3 rings (SSSR count). The number of β-lactam (4-membered cyclic amide) rings is 1. The van der Waals surface area contributed by atoms with Gasteiger partial charge in [-0.2, -0.15) is 0 Å². The third-order valence-electron chi connectivity index (χ3n) is 5.06. The van der Waals surface area contributed by atoms with Gasteiger partial charge in [-0.3, -0.25) is 9.59 Å². The van der Waals surface area contributed by atoms with E-state index in [-0.39, 0.29) is 30.2 Å². The SMILES string of the molecule is C=CCOC(=O)C1=C(c2cccc(C(=O)NCC)c2)C[C@@H]2[C@@H]([C@@H](C)O)C(=O)N12. The van der Waals surface area contributed by atoms with Gasteiger partial charge in [0.15, 0.2) is 0 Å². The van der Waals surface area contributed by atoms with Crippen molar-refractivity contribution < 1.29 is 24.2 Å². The van der Waals surface area contributed by atoms with Crippen LogP contribution in [0.5, 0.6) is 0 Å². The Hall–Kier alpha value is -2.93. The predicted octanol–water partition coefficient (Wildman–Crippen LogP) is 1.49. The molecule has 1 fully saturated rings. The Bertz CT molecular complexity index is 858. The van der Waals surface area contributed by atoms with Crippen LogP contribution in [0, 0.1) is 5.92 Å². The van der Waals surface area contributed by atoms with Gasteiger partial charge in [0.1, 0.15) is 12.3 Å². The number of aliphatic hydroxyl groups is 1. The molecule has 0 saturated carbocycles. The van der Waals surface area contributed by atoms with Gasteiger partial charge in [0, 0.05) is 12.1 Å². The van der Waals surface area contributed by atoms with Gasteiger partial charge < -0.3 is 20.1 Å². The molecule has 7 heteroatoms. The molecule has 28 heavy (non-hydrogen) atoms. The number of hydrogen-bond donors (Lipinski definition) is 2. The Labute approximate surface area is 163 Å². The van der Waals surface area contributed by atoms with E-state index in [4.69, 9.17) is 4.74 Å². The molecule has 0 aromatic heterocycles. The van der Waals surface area contributed by atoms with Crippen molar-refractivity contribution in [3.05, 3.63) is 53.7 Å².